The largest absolute Gasteiger partial charge is 0.436 e. The van der Waals surface area contributed by atoms with Crippen LogP contribution in [-0.4, -0.2) is 18.0 Å². The number of hydrogen-bond acceptors (Lipinski definition) is 4. The summed E-state index contributed by atoms with van der Waals surface area (Å²) in [6.45, 7) is 9.07. The molecule has 0 saturated heterocycles. The fourth-order valence-corrected chi connectivity index (χ4v) is 12.1. The van der Waals surface area contributed by atoms with Gasteiger partial charge in [-0.15, -0.1) is 0 Å². The van der Waals surface area contributed by atoms with Crippen molar-refractivity contribution in [2.24, 2.45) is 0 Å². The molecule has 0 amide bonds. The van der Waals surface area contributed by atoms with E-state index >= 15 is 0 Å². The Morgan fingerprint density at radius 1 is 0.462 bits per heavy atom. The molecular formula is C47H38N2O2Si. The van der Waals surface area contributed by atoms with Crippen LogP contribution in [0.3, 0.4) is 0 Å². The zero-order chi connectivity index (χ0) is 35.4. The molecule has 2 aromatic heterocycles. The van der Waals surface area contributed by atoms with E-state index in [1.165, 1.54) is 43.8 Å². The summed E-state index contributed by atoms with van der Waals surface area (Å²) in [5.41, 5.74) is 15.1. The highest BCUT2D eigenvalue weighted by Gasteiger charge is 2.46. The van der Waals surface area contributed by atoms with Crippen LogP contribution in [0.25, 0.3) is 66.6 Å². The Bertz CT molecular complexity index is 2520. The number of nitrogens with zero attached hydrogens (tertiary/aromatic N) is 2. The Morgan fingerprint density at radius 3 is 1.29 bits per heavy atom. The van der Waals surface area contributed by atoms with Crippen LogP contribution in [0.1, 0.15) is 40.3 Å². The average molecular weight is 691 g/mol. The van der Waals surface area contributed by atoms with Gasteiger partial charge in [0.1, 0.15) is 19.1 Å². The molecule has 5 heteroatoms. The van der Waals surface area contributed by atoms with E-state index in [0.29, 0.717) is 11.8 Å². The Kier molecular flexibility index (Phi) is 7.74. The van der Waals surface area contributed by atoms with Gasteiger partial charge >= 0.3 is 0 Å². The maximum atomic E-state index is 6.34. The van der Waals surface area contributed by atoms with Gasteiger partial charge in [-0.2, -0.15) is 0 Å². The standard InChI is InChI=1S/C47H38N2O2Si/c1-5-52(4)44(34-18-12-20-36(28-34)46-48-38-26-30(2)22-24-40(38)50-46)42(32-14-8-6-9-15-32)43(33-16-10-7-11-17-33)45(52)35-19-13-21-37(29-35)47-49-39-27-31(3)23-25-41(39)51-47/h6-29H,5H2,1-4H3. The van der Waals surface area contributed by atoms with Crippen molar-refractivity contribution in [1.29, 1.82) is 0 Å². The molecule has 0 saturated carbocycles. The van der Waals surface area contributed by atoms with Crippen molar-refractivity contribution in [1.82, 2.24) is 9.97 Å². The topological polar surface area (TPSA) is 52.1 Å². The second kappa shape index (κ2) is 12.6. The Balaban J connectivity index is 1.29. The van der Waals surface area contributed by atoms with E-state index < -0.39 is 8.07 Å². The SMILES string of the molecule is CC[Si]1(C)C(c2cccc(-c3nc4cc(C)ccc4o3)c2)=C(c2ccccc2)C(c2ccccc2)=C1c1cccc(-c2nc3cc(C)ccc3o2)c1. The van der Waals surface area contributed by atoms with E-state index in [-0.39, 0.29) is 0 Å². The highest BCUT2D eigenvalue weighted by atomic mass is 28.3. The van der Waals surface area contributed by atoms with Crippen LogP contribution in [0.2, 0.25) is 12.6 Å². The minimum Gasteiger partial charge on any atom is -0.436 e. The molecule has 0 aliphatic carbocycles. The van der Waals surface area contributed by atoms with Gasteiger partial charge in [0.05, 0.1) is 0 Å². The number of rotatable bonds is 7. The Morgan fingerprint density at radius 2 is 0.865 bits per heavy atom. The maximum Gasteiger partial charge on any atom is 0.227 e. The predicted molar refractivity (Wildman–Crippen MR) is 217 cm³/mol. The number of fused-ring (bicyclic) bond motifs is 2. The number of aryl methyl sites for hydroxylation is 2. The number of allylic oxidation sites excluding steroid dienone is 2. The summed E-state index contributed by atoms with van der Waals surface area (Å²) in [7, 11) is -2.46. The van der Waals surface area contributed by atoms with Crippen molar-refractivity contribution >= 4 is 51.8 Å². The Labute approximate surface area is 304 Å². The minimum atomic E-state index is -2.46. The summed E-state index contributed by atoms with van der Waals surface area (Å²) < 4.78 is 12.7. The molecule has 0 bridgehead atoms. The molecule has 8 aromatic rings. The van der Waals surface area contributed by atoms with E-state index in [0.717, 1.165) is 50.5 Å². The monoisotopic (exact) mass is 690 g/mol. The molecule has 1 aliphatic rings. The summed E-state index contributed by atoms with van der Waals surface area (Å²) >= 11 is 0. The third kappa shape index (κ3) is 5.37. The number of hydrogen-bond donors (Lipinski definition) is 0. The first-order valence-corrected chi connectivity index (χ1v) is 20.7. The van der Waals surface area contributed by atoms with Crippen molar-refractivity contribution in [2.75, 3.05) is 0 Å². The van der Waals surface area contributed by atoms with Gasteiger partial charge < -0.3 is 8.83 Å². The van der Waals surface area contributed by atoms with Crippen molar-refractivity contribution < 1.29 is 8.83 Å². The molecule has 52 heavy (non-hydrogen) atoms. The molecule has 0 spiro atoms. The van der Waals surface area contributed by atoms with Crippen molar-refractivity contribution in [3.05, 3.63) is 179 Å². The van der Waals surface area contributed by atoms with E-state index in [9.17, 15) is 0 Å². The van der Waals surface area contributed by atoms with E-state index in [1.807, 2.05) is 12.1 Å². The third-order valence-corrected chi connectivity index (χ3v) is 15.3. The van der Waals surface area contributed by atoms with Crippen LogP contribution in [0, 0.1) is 13.8 Å². The predicted octanol–water partition coefficient (Wildman–Crippen LogP) is 12.6. The number of oxazole rings is 2. The molecule has 0 radical (unpaired) electrons. The summed E-state index contributed by atoms with van der Waals surface area (Å²) in [6, 6.07) is 52.8. The molecule has 0 atom stereocenters. The zero-order valence-electron chi connectivity index (χ0n) is 29.8. The molecule has 252 valence electrons. The van der Waals surface area contributed by atoms with Crippen LogP contribution >= 0.6 is 0 Å². The normalized spacial score (nSPS) is 14.2. The fourth-order valence-electron chi connectivity index (χ4n) is 7.93. The number of aromatic nitrogens is 2. The van der Waals surface area contributed by atoms with Gasteiger partial charge in [0.15, 0.2) is 11.2 Å². The van der Waals surface area contributed by atoms with Gasteiger partial charge in [-0.25, -0.2) is 9.97 Å². The van der Waals surface area contributed by atoms with Gasteiger partial charge in [0.2, 0.25) is 11.8 Å². The Hall–Kier alpha value is -6.04. The lowest BCUT2D eigenvalue weighted by Crippen LogP contribution is -2.32. The third-order valence-electron chi connectivity index (χ3n) is 10.6. The fraction of sp³-hybridized carbons (Fsp3) is 0.106. The summed E-state index contributed by atoms with van der Waals surface area (Å²) in [5, 5.41) is 2.85. The van der Waals surface area contributed by atoms with E-state index in [2.05, 4.69) is 161 Å². The van der Waals surface area contributed by atoms with Crippen molar-refractivity contribution in [3.8, 4) is 22.9 Å². The maximum absolute atomic E-state index is 6.34. The first-order chi connectivity index (χ1) is 25.4. The van der Waals surface area contributed by atoms with Crippen molar-refractivity contribution in [2.45, 2.75) is 33.4 Å². The highest BCUT2D eigenvalue weighted by Crippen LogP contribution is 2.57. The molecule has 6 aromatic carbocycles. The van der Waals surface area contributed by atoms with Gasteiger partial charge in [0.25, 0.3) is 0 Å². The van der Waals surface area contributed by atoms with Crippen LogP contribution in [-0.2, 0) is 0 Å². The molecule has 4 nitrogen and oxygen atoms in total. The second-order valence-electron chi connectivity index (χ2n) is 14.1. The second-order valence-corrected chi connectivity index (χ2v) is 18.4. The van der Waals surface area contributed by atoms with Gasteiger partial charge in [-0.05, 0) is 117 Å². The van der Waals surface area contributed by atoms with Crippen LogP contribution in [0.15, 0.2) is 154 Å². The van der Waals surface area contributed by atoms with E-state index in [1.54, 1.807) is 0 Å². The highest BCUT2D eigenvalue weighted by molar-refractivity contribution is 7.13. The van der Waals surface area contributed by atoms with E-state index in [4.69, 9.17) is 18.8 Å². The van der Waals surface area contributed by atoms with Gasteiger partial charge in [0, 0.05) is 11.1 Å². The quantitative estimate of drug-likeness (QED) is 0.156. The van der Waals surface area contributed by atoms with Crippen LogP contribution < -0.4 is 0 Å². The lowest BCUT2D eigenvalue weighted by Gasteiger charge is -2.30. The number of benzene rings is 6. The average Bonchev–Trinajstić information content (AvgIpc) is 3.88. The van der Waals surface area contributed by atoms with Gasteiger partial charge in [-0.1, -0.05) is 117 Å². The zero-order valence-corrected chi connectivity index (χ0v) is 30.8. The van der Waals surface area contributed by atoms with Crippen LogP contribution in [0.5, 0.6) is 0 Å². The summed E-state index contributed by atoms with van der Waals surface area (Å²) in [5.74, 6) is 1.28. The molecular weight excluding hydrogens is 653 g/mol. The first kappa shape index (κ1) is 31.9. The first-order valence-electron chi connectivity index (χ1n) is 18.0. The molecule has 9 rings (SSSR count). The summed E-state index contributed by atoms with van der Waals surface area (Å²) in [6.07, 6.45) is 0. The lowest BCUT2D eigenvalue weighted by atomic mass is 9.89. The molecule has 0 unspecified atom stereocenters. The lowest BCUT2D eigenvalue weighted by molar-refractivity contribution is 0.619. The van der Waals surface area contributed by atoms with Gasteiger partial charge in [-0.3, -0.25) is 0 Å². The molecule has 1 aliphatic heterocycles. The minimum absolute atomic E-state index is 0.639. The molecule has 3 heterocycles. The summed E-state index contributed by atoms with van der Waals surface area (Å²) in [4.78, 5) is 9.87. The van der Waals surface area contributed by atoms with Crippen molar-refractivity contribution in [3.63, 3.8) is 0 Å². The smallest absolute Gasteiger partial charge is 0.227 e. The van der Waals surface area contributed by atoms with Crippen LogP contribution in [0.4, 0.5) is 0 Å². The molecule has 0 fully saturated rings. The molecule has 0 N–H and O–H groups in total.